The Bertz CT molecular complexity index is 353. The number of alkyl halides is 7. The van der Waals surface area contributed by atoms with Gasteiger partial charge < -0.3 is 10.1 Å². The molecular formula is C8H8F7NO3. The summed E-state index contributed by atoms with van der Waals surface area (Å²) in [7, 11) is 0. The predicted molar refractivity (Wildman–Crippen MR) is 45.6 cm³/mol. The van der Waals surface area contributed by atoms with E-state index in [9.17, 15) is 40.3 Å². The number of carbonyl (C=O) groups excluding carboxylic acids is 2. The molecule has 0 saturated heterocycles. The number of ether oxygens (including phenoxy) is 1. The first-order chi connectivity index (χ1) is 8.38. The van der Waals surface area contributed by atoms with Gasteiger partial charge in [0.25, 0.3) is 5.91 Å². The maximum Gasteiger partial charge on any atom is 0.460 e. The summed E-state index contributed by atoms with van der Waals surface area (Å²) in [5.41, 5.74) is 0. The van der Waals surface area contributed by atoms with E-state index in [2.05, 4.69) is 4.74 Å². The highest BCUT2D eigenvalue weighted by Gasteiger charge is 2.76. The number of hydrogen-bond acceptors (Lipinski definition) is 3. The van der Waals surface area contributed by atoms with E-state index in [0.717, 1.165) is 5.32 Å². The van der Waals surface area contributed by atoms with Crippen molar-refractivity contribution < 1.29 is 45.1 Å². The zero-order valence-corrected chi connectivity index (χ0v) is 9.28. The average Bonchev–Trinajstić information content (AvgIpc) is 2.24. The molecule has 0 aromatic heterocycles. The monoisotopic (exact) mass is 299 g/mol. The van der Waals surface area contributed by atoms with Crippen LogP contribution in [0, 0.1) is 0 Å². The van der Waals surface area contributed by atoms with E-state index in [4.69, 9.17) is 0 Å². The molecule has 0 aromatic rings. The van der Waals surface area contributed by atoms with Crippen LogP contribution in [-0.2, 0) is 14.3 Å². The minimum Gasteiger partial charge on any atom is -0.465 e. The normalized spacial score (nSPS) is 13.1. The molecule has 0 aliphatic heterocycles. The van der Waals surface area contributed by atoms with Gasteiger partial charge in [-0.1, -0.05) is 0 Å². The van der Waals surface area contributed by atoms with Gasteiger partial charge in [0.2, 0.25) is 0 Å². The predicted octanol–water partition coefficient (Wildman–Crippen LogP) is 1.50. The van der Waals surface area contributed by atoms with Crippen molar-refractivity contribution in [2.24, 2.45) is 0 Å². The van der Waals surface area contributed by atoms with Gasteiger partial charge in [0.1, 0.15) is 6.54 Å². The molecule has 11 heteroatoms. The smallest absolute Gasteiger partial charge is 0.460 e. The first-order valence-corrected chi connectivity index (χ1v) is 4.64. The molecular weight excluding hydrogens is 291 g/mol. The molecule has 0 bridgehead atoms. The molecule has 0 fully saturated rings. The Morgan fingerprint density at radius 3 is 1.89 bits per heavy atom. The fraction of sp³-hybridized carbons (Fsp3) is 0.750. The first-order valence-electron chi connectivity index (χ1n) is 4.64. The minimum absolute atomic E-state index is 0.191. The van der Waals surface area contributed by atoms with E-state index in [1.165, 1.54) is 6.92 Å². The van der Waals surface area contributed by atoms with Crippen LogP contribution in [-0.4, -0.2) is 43.0 Å². The first kappa shape index (κ1) is 17.4. The molecule has 0 unspecified atom stereocenters. The molecule has 1 N–H and O–H groups in total. The second-order valence-electron chi connectivity index (χ2n) is 3.13. The van der Waals surface area contributed by atoms with Gasteiger partial charge in [-0.15, -0.1) is 0 Å². The van der Waals surface area contributed by atoms with Gasteiger partial charge >= 0.3 is 24.0 Å². The number of esters is 1. The van der Waals surface area contributed by atoms with Gasteiger partial charge in [-0.25, -0.2) is 0 Å². The lowest BCUT2D eigenvalue weighted by molar-refractivity contribution is -0.344. The van der Waals surface area contributed by atoms with Crippen molar-refractivity contribution in [1.29, 1.82) is 0 Å². The lowest BCUT2D eigenvalue weighted by Crippen LogP contribution is -2.59. The van der Waals surface area contributed by atoms with E-state index >= 15 is 0 Å². The van der Waals surface area contributed by atoms with Crippen LogP contribution in [0.5, 0.6) is 0 Å². The molecule has 1 amide bonds. The molecule has 0 saturated carbocycles. The fourth-order valence-corrected chi connectivity index (χ4v) is 0.796. The zero-order valence-electron chi connectivity index (χ0n) is 9.28. The molecule has 19 heavy (non-hydrogen) atoms. The second-order valence-corrected chi connectivity index (χ2v) is 3.13. The maximum absolute atomic E-state index is 12.7. The fourth-order valence-electron chi connectivity index (χ4n) is 0.796. The van der Waals surface area contributed by atoms with Gasteiger partial charge in [0.05, 0.1) is 6.61 Å². The Morgan fingerprint density at radius 2 is 1.53 bits per heavy atom. The minimum atomic E-state index is -6.61. The summed E-state index contributed by atoms with van der Waals surface area (Å²) < 4.78 is 89.4. The third-order valence-electron chi connectivity index (χ3n) is 1.73. The molecule has 0 spiro atoms. The zero-order chi connectivity index (χ0) is 15.5. The number of amides is 1. The summed E-state index contributed by atoms with van der Waals surface area (Å²) in [4.78, 5) is 21.2. The number of hydrogen-bond donors (Lipinski definition) is 1. The maximum atomic E-state index is 12.7. The lowest BCUT2D eigenvalue weighted by Gasteiger charge is -2.26. The van der Waals surface area contributed by atoms with Crippen LogP contribution < -0.4 is 5.32 Å². The van der Waals surface area contributed by atoms with Gasteiger partial charge in [0, 0.05) is 0 Å². The molecule has 4 nitrogen and oxygen atoms in total. The molecule has 0 aliphatic carbocycles. The lowest BCUT2D eigenvalue weighted by atomic mass is 10.1. The third-order valence-corrected chi connectivity index (χ3v) is 1.73. The van der Waals surface area contributed by atoms with Crippen molar-refractivity contribution in [2.75, 3.05) is 13.2 Å². The van der Waals surface area contributed by atoms with Crippen LogP contribution >= 0.6 is 0 Å². The van der Waals surface area contributed by atoms with Gasteiger partial charge in [-0.3, -0.25) is 9.59 Å². The van der Waals surface area contributed by atoms with Gasteiger partial charge in [-0.05, 0) is 6.92 Å². The van der Waals surface area contributed by atoms with Crippen molar-refractivity contribution in [2.45, 2.75) is 24.9 Å². The summed E-state index contributed by atoms with van der Waals surface area (Å²) >= 11 is 0. The Balaban J connectivity index is 4.83. The summed E-state index contributed by atoms with van der Waals surface area (Å²) in [5, 5.41) is 0.942. The van der Waals surface area contributed by atoms with Crippen LogP contribution in [0.4, 0.5) is 30.7 Å². The van der Waals surface area contributed by atoms with Crippen molar-refractivity contribution in [3.63, 3.8) is 0 Å². The van der Waals surface area contributed by atoms with Crippen molar-refractivity contribution in [3.05, 3.63) is 0 Å². The molecule has 0 rings (SSSR count). The summed E-state index contributed by atoms with van der Waals surface area (Å²) in [6, 6.07) is 0. The quantitative estimate of drug-likeness (QED) is 0.618. The molecule has 0 atom stereocenters. The van der Waals surface area contributed by atoms with E-state index in [1.807, 2.05) is 0 Å². The highest BCUT2D eigenvalue weighted by molar-refractivity contribution is 5.87. The van der Waals surface area contributed by atoms with Crippen LogP contribution in [0.3, 0.4) is 0 Å². The molecule has 0 heterocycles. The van der Waals surface area contributed by atoms with Gasteiger partial charge in [0.15, 0.2) is 0 Å². The van der Waals surface area contributed by atoms with Gasteiger partial charge in [-0.2, -0.15) is 30.7 Å². The number of nitrogens with one attached hydrogen (secondary N) is 1. The highest BCUT2D eigenvalue weighted by Crippen LogP contribution is 2.46. The molecule has 0 aliphatic rings. The Hall–Kier alpha value is -1.55. The van der Waals surface area contributed by atoms with Crippen LogP contribution in [0.1, 0.15) is 6.92 Å². The number of rotatable bonds is 5. The second kappa shape index (κ2) is 5.61. The number of halogens is 7. The molecule has 112 valence electrons. The third kappa shape index (κ3) is 3.70. The summed E-state index contributed by atoms with van der Waals surface area (Å²) in [5.74, 6) is -16.8. The van der Waals surface area contributed by atoms with E-state index in [1.54, 1.807) is 0 Å². The largest absolute Gasteiger partial charge is 0.465 e. The van der Waals surface area contributed by atoms with Crippen molar-refractivity contribution in [3.8, 4) is 0 Å². The van der Waals surface area contributed by atoms with Crippen LogP contribution in [0.25, 0.3) is 0 Å². The highest BCUT2D eigenvalue weighted by atomic mass is 19.4. The SMILES string of the molecule is CCOC(=O)CNC(=O)C(F)(F)C(F)(F)C(F)(F)F. The van der Waals surface area contributed by atoms with E-state index in [-0.39, 0.29) is 6.61 Å². The van der Waals surface area contributed by atoms with Crippen LogP contribution in [0.2, 0.25) is 0 Å². The summed E-state index contributed by atoms with van der Waals surface area (Å²) in [6.45, 7) is -0.119. The summed E-state index contributed by atoms with van der Waals surface area (Å²) in [6.07, 6.45) is -6.61. The van der Waals surface area contributed by atoms with Crippen molar-refractivity contribution in [1.82, 2.24) is 5.32 Å². The number of carbonyl (C=O) groups is 2. The standard InChI is InChI=1S/C8H8F7NO3/c1-2-19-4(17)3-16-5(18)6(9,10)7(11,12)8(13,14)15/h2-3H2,1H3,(H,16,18). The molecule has 0 aromatic carbocycles. The topological polar surface area (TPSA) is 55.4 Å². The Morgan fingerprint density at radius 1 is 1.05 bits per heavy atom. The van der Waals surface area contributed by atoms with Crippen LogP contribution in [0.15, 0.2) is 0 Å². The Labute approximate surface area is 101 Å². The Kier molecular flexibility index (Phi) is 5.15. The van der Waals surface area contributed by atoms with E-state index in [0.29, 0.717) is 0 Å². The van der Waals surface area contributed by atoms with Crippen molar-refractivity contribution >= 4 is 11.9 Å². The average molecular weight is 299 g/mol. The van der Waals surface area contributed by atoms with E-state index < -0.39 is 36.4 Å². The molecule has 0 radical (unpaired) electrons.